The van der Waals surface area contributed by atoms with E-state index in [2.05, 4.69) is 10.0 Å². The van der Waals surface area contributed by atoms with Crippen molar-refractivity contribution in [3.63, 3.8) is 0 Å². The molecule has 0 aromatic heterocycles. The van der Waals surface area contributed by atoms with E-state index in [4.69, 9.17) is 0 Å². The molecule has 106 valence electrons. The predicted molar refractivity (Wildman–Crippen MR) is 69.4 cm³/mol. The second-order valence-corrected chi connectivity index (χ2v) is 6.87. The van der Waals surface area contributed by atoms with Crippen molar-refractivity contribution in [1.82, 2.24) is 5.32 Å². The molecule has 1 aliphatic carbocycles. The highest BCUT2D eigenvalue weighted by molar-refractivity contribution is 7.93. The first kappa shape index (κ1) is 14.2. The number of hydrogen-bond donors (Lipinski definition) is 2. The van der Waals surface area contributed by atoms with E-state index in [9.17, 15) is 17.2 Å². The van der Waals surface area contributed by atoms with Crippen molar-refractivity contribution in [2.75, 3.05) is 11.3 Å². The van der Waals surface area contributed by atoms with Gasteiger partial charge in [-0.25, -0.2) is 17.2 Å². The molecule has 19 heavy (non-hydrogen) atoms. The average Bonchev–Trinajstić information content (AvgIpc) is 3.14. The molecule has 0 saturated heterocycles. The number of rotatable bonds is 6. The fourth-order valence-electron chi connectivity index (χ4n) is 1.55. The SMILES string of the molecule is CC(CNC1CC1)S(=O)(=O)Nc1ccc(F)c(F)c1. The standard InChI is InChI=1S/C12H16F2N2O2S/c1-8(7-15-9-2-3-9)19(17,18)16-10-4-5-11(13)12(14)6-10/h4-6,8-9,15-16H,2-3,7H2,1H3. The van der Waals surface area contributed by atoms with Gasteiger partial charge in [-0.15, -0.1) is 0 Å². The van der Waals surface area contributed by atoms with E-state index in [0.29, 0.717) is 12.6 Å². The third-order valence-electron chi connectivity index (χ3n) is 2.98. The van der Waals surface area contributed by atoms with Crippen LogP contribution in [0.2, 0.25) is 0 Å². The maximum absolute atomic E-state index is 13.0. The Bertz CT molecular complexity index is 559. The average molecular weight is 290 g/mol. The molecule has 0 spiro atoms. The highest BCUT2D eigenvalue weighted by atomic mass is 32.2. The Morgan fingerprint density at radius 2 is 2.00 bits per heavy atom. The van der Waals surface area contributed by atoms with E-state index < -0.39 is 26.9 Å². The molecule has 0 bridgehead atoms. The van der Waals surface area contributed by atoms with Gasteiger partial charge < -0.3 is 5.32 Å². The van der Waals surface area contributed by atoms with E-state index in [1.54, 1.807) is 6.92 Å². The summed E-state index contributed by atoms with van der Waals surface area (Å²) in [5, 5.41) is 2.46. The maximum atomic E-state index is 13.0. The highest BCUT2D eigenvalue weighted by Gasteiger charge is 2.25. The van der Waals surface area contributed by atoms with Gasteiger partial charge >= 0.3 is 0 Å². The summed E-state index contributed by atoms with van der Waals surface area (Å²) in [4.78, 5) is 0. The highest BCUT2D eigenvalue weighted by Crippen LogP contribution is 2.19. The molecule has 0 radical (unpaired) electrons. The molecule has 1 atom stereocenters. The van der Waals surface area contributed by atoms with Crippen molar-refractivity contribution >= 4 is 15.7 Å². The lowest BCUT2D eigenvalue weighted by molar-refractivity contribution is 0.509. The number of benzene rings is 1. The number of halogens is 2. The Labute approximate surface area is 111 Å². The molecule has 0 heterocycles. The van der Waals surface area contributed by atoms with Gasteiger partial charge in [-0.3, -0.25) is 4.72 Å². The molecular weight excluding hydrogens is 274 g/mol. The molecule has 4 nitrogen and oxygen atoms in total. The van der Waals surface area contributed by atoms with Crippen molar-refractivity contribution in [3.8, 4) is 0 Å². The number of hydrogen-bond acceptors (Lipinski definition) is 3. The van der Waals surface area contributed by atoms with Crippen LogP contribution in [0.5, 0.6) is 0 Å². The second kappa shape index (κ2) is 5.42. The van der Waals surface area contributed by atoms with Crippen LogP contribution in [0.4, 0.5) is 14.5 Å². The molecule has 1 saturated carbocycles. The molecule has 0 amide bonds. The first-order valence-electron chi connectivity index (χ1n) is 6.08. The topological polar surface area (TPSA) is 58.2 Å². The Balaban J connectivity index is 2.00. The summed E-state index contributed by atoms with van der Waals surface area (Å²) in [7, 11) is -3.61. The van der Waals surface area contributed by atoms with Gasteiger partial charge in [0.1, 0.15) is 0 Å². The minimum Gasteiger partial charge on any atom is -0.313 e. The Morgan fingerprint density at radius 3 is 2.58 bits per heavy atom. The number of sulfonamides is 1. The summed E-state index contributed by atoms with van der Waals surface area (Å²) < 4.78 is 51.9. The van der Waals surface area contributed by atoms with Crippen LogP contribution in [0, 0.1) is 11.6 Å². The molecule has 1 aromatic rings. The third-order valence-corrected chi connectivity index (χ3v) is 4.73. The Morgan fingerprint density at radius 1 is 1.32 bits per heavy atom. The molecule has 2 rings (SSSR count). The minimum absolute atomic E-state index is 0.0252. The van der Waals surface area contributed by atoms with Crippen molar-refractivity contribution in [3.05, 3.63) is 29.8 Å². The van der Waals surface area contributed by atoms with E-state index in [-0.39, 0.29) is 5.69 Å². The van der Waals surface area contributed by atoms with Gasteiger partial charge in [-0.1, -0.05) is 0 Å². The molecule has 0 aliphatic heterocycles. The Kier molecular flexibility index (Phi) is 4.05. The molecular formula is C12H16F2N2O2S. The van der Waals surface area contributed by atoms with Crippen LogP contribution in [-0.2, 0) is 10.0 Å². The van der Waals surface area contributed by atoms with Crippen LogP contribution in [0.1, 0.15) is 19.8 Å². The monoisotopic (exact) mass is 290 g/mol. The molecule has 1 unspecified atom stereocenters. The number of nitrogens with one attached hydrogen (secondary N) is 2. The van der Waals surface area contributed by atoms with E-state index >= 15 is 0 Å². The van der Waals surface area contributed by atoms with Crippen molar-refractivity contribution in [1.29, 1.82) is 0 Å². The van der Waals surface area contributed by atoms with Crippen molar-refractivity contribution in [2.24, 2.45) is 0 Å². The van der Waals surface area contributed by atoms with E-state index in [1.165, 1.54) is 6.07 Å². The van der Waals surface area contributed by atoms with Gasteiger partial charge in [0, 0.05) is 18.7 Å². The summed E-state index contributed by atoms with van der Waals surface area (Å²) in [5.41, 5.74) is 0.0252. The third kappa shape index (κ3) is 3.87. The largest absolute Gasteiger partial charge is 0.313 e. The quantitative estimate of drug-likeness (QED) is 0.840. The van der Waals surface area contributed by atoms with Gasteiger partial charge in [-0.2, -0.15) is 0 Å². The second-order valence-electron chi connectivity index (χ2n) is 4.77. The summed E-state index contributed by atoms with van der Waals surface area (Å²) in [6.45, 7) is 1.90. The lowest BCUT2D eigenvalue weighted by atomic mass is 10.3. The molecule has 7 heteroatoms. The lowest BCUT2D eigenvalue weighted by Gasteiger charge is -2.15. The van der Waals surface area contributed by atoms with Crippen LogP contribution in [0.15, 0.2) is 18.2 Å². The zero-order valence-electron chi connectivity index (χ0n) is 10.5. The lowest BCUT2D eigenvalue weighted by Crippen LogP contribution is -2.35. The number of anilines is 1. The normalized spacial score (nSPS) is 17.2. The van der Waals surface area contributed by atoms with Crippen LogP contribution >= 0.6 is 0 Å². The first-order chi connectivity index (χ1) is 8.88. The zero-order chi connectivity index (χ0) is 14.0. The molecule has 2 N–H and O–H groups in total. The van der Waals surface area contributed by atoms with Gasteiger partial charge in [0.2, 0.25) is 10.0 Å². The van der Waals surface area contributed by atoms with Gasteiger partial charge in [0.25, 0.3) is 0 Å². The molecule has 1 aromatic carbocycles. The van der Waals surface area contributed by atoms with Crippen LogP contribution < -0.4 is 10.0 Å². The van der Waals surface area contributed by atoms with E-state index in [1.807, 2.05) is 0 Å². The fraction of sp³-hybridized carbons (Fsp3) is 0.500. The summed E-state index contributed by atoms with van der Waals surface area (Å²) >= 11 is 0. The smallest absolute Gasteiger partial charge is 0.236 e. The van der Waals surface area contributed by atoms with Crippen molar-refractivity contribution in [2.45, 2.75) is 31.1 Å². The van der Waals surface area contributed by atoms with Crippen molar-refractivity contribution < 1.29 is 17.2 Å². The van der Waals surface area contributed by atoms with Crippen LogP contribution in [-0.4, -0.2) is 26.3 Å². The summed E-state index contributed by atoms with van der Waals surface area (Å²) in [6, 6.07) is 3.33. The Hall–Kier alpha value is -1.21. The molecule has 1 fully saturated rings. The minimum atomic E-state index is -3.61. The summed E-state index contributed by atoms with van der Waals surface area (Å²) in [5.74, 6) is -2.09. The zero-order valence-corrected chi connectivity index (χ0v) is 11.3. The molecule has 1 aliphatic rings. The summed E-state index contributed by atoms with van der Waals surface area (Å²) in [6.07, 6.45) is 2.15. The fourth-order valence-corrected chi connectivity index (χ4v) is 2.53. The van der Waals surface area contributed by atoms with E-state index in [0.717, 1.165) is 25.0 Å². The van der Waals surface area contributed by atoms with Crippen LogP contribution in [0.25, 0.3) is 0 Å². The van der Waals surface area contributed by atoms with Gasteiger partial charge in [0.05, 0.1) is 10.9 Å². The predicted octanol–water partition coefficient (Wildman–Crippen LogP) is 1.85. The van der Waals surface area contributed by atoms with Gasteiger partial charge in [0.15, 0.2) is 11.6 Å². The van der Waals surface area contributed by atoms with Gasteiger partial charge in [-0.05, 0) is 31.9 Å². The van der Waals surface area contributed by atoms with Crippen LogP contribution in [0.3, 0.4) is 0 Å². The first-order valence-corrected chi connectivity index (χ1v) is 7.63. The maximum Gasteiger partial charge on any atom is 0.236 e.